The van der Waals surface area contributed by atoms with Crippen LogP contribution in [-0.2, 0) is 28.4 Å². The number of fused-ring (bicyclic) bond motifs is 7. The van der Waals surface area contributed by atoms with E-state index in [9.17, 15) is 56.2 Å². The lowest BCUT2D eigenvalue weighted by Crippen LogP contribution is -2.64. The first-order chi connectivity index (χ1) is 30.2. The van der Waals surface area contributed by atoms with Gasteiger partial charge in [-0.25, -0.2) is 0 Å². The lowest BCUT2D eigenvalue weighted by atomic mass is 9.46. The van der Waals surface area contributed by atoms with Crippen molar-refractivity contribution in [1.29, 1.82) is 0 Å². The van der Waals surface area contributed by atoms with Crippen molar-refractivity contribution in [1.82, 2.24) is 0 Å². The summed E-state index contributed by atoms with van der Waals surface area (Å²) in [5, 5.41) is 116. The molecule has 27 atom stereocenters. The second kappa shape index (κ2) is 18.8. The van der Waals surface area contributed by atoms with E-state index in [1.54, 1.807) is 0 Å². The van der Waals surface area contributed by atoms with Crippen molar-refractivity contribution in [3.05, 3.63) is 11.6 Å². The molecule has 8 rings (SSSR count). The largest absolute Gasteiger partial charge is 0.394 e. The average molecular weight is 915 g/mol. The summed E-state index contributed by atoms with van der Waals surface area (Å²) in [6.45, 7) is 11.9. The number of hydrogen-bond donors (Lipinski definition) is 11. The van der Waals surface area contributed by atoms with Gasteiger partial charge >= 0.3 is 0 Å². The molecule has 368 valence electrons. The Morgan fingerprint density at radius 1 is 0.719 bits per heavy atom. The molecular weight excluding hydrogens is 836 g/mol. The van der Waals surface area contributed by atoms with Crippen LogP contribution < -0.4 is 0 Å². The van der Waals surface area contributed by atoms with Crippen LogP contribution in [0.4, 0.5) is 0 Å². The standard InChI is InChI=1S/C47H78O17/c1-20(21(2)19-59-42-39(56)37(54)34(51)30(17-48)62-42)15-47(58)16-24-13-29-27-8-7-25-14-26(9-11-45(25,5)28(27)10-12-46(29,6)32(24)22(47)3)61-44-41(38(55)35(52)31(18-49)63-44)64-43-40(57)36(53)33(50)23(4)60-43/h7,20-24,26-44,48-58H,8-19H2,1-6H3/t20?,21?,22?,23-,24?,26?,27-,28+,29+,30-,31-,32?,33-,34+,35-,36-,37-,38-,39-,40-,41-,42-,43+,44-,45+,46+,47?/m1/s1. The monoisotopic (exact) mass is 915 g/mol. The highest BCUT2D eigenvalue weighted by Crippen LogP contribution is 2.72. The highest BCUT2D eigenvalue weighted by atomic mass is 16.8. The fourth-order valence-electron chi connectivity index (χ4n) is 14.5. The maximum atomic E-state index is 12.4. The summed E-state index contributed by atoms with van der Waals surface area (Å²) in [5.41, 5.74) is 0.585. The van der Waals surface area contributed by atoms with Gasteiger partial charge in [-0.3, -0.25) is 0 Å². The minimum absolute atomic E-state index is 0.00546. The van der Waals surface area contributed by atoms with E-state index in [0.717, 1.165) is 38.5 Å². The van der Waals surface area contributed by atoms with Gasteiger partial charge in [-0.2, -0.15) is 0 Å². The van der Waals surface area contributed by atoms with Crippen molar-refractivity contribution in [2.45, 2.75) is 203 Å². The Bertz CT molecular complexity index is 1640. The van der Waals surface area contributed by atoms with Crippen LogP contribution in [-0.4, -0.2) is 180 Å². The van der Waals surface area contributed by atoms with Gasteiger partial charge in [0.05, 0.1) is 37.6 Å². The first-order valence-electron chi connectivity index (χ1n) is 24.1. The number of ether oxygens (including phenoxy) is 6. The maximum absolute atomic E-state index is 12.4. The molecule has 5 aliphatic carbocycles. The Labute approximate surface area is 376 Å². The Hall–Kier alpha value is -0.940. The van der Waals surface area contributed by atoms with Crippen molar-refractivity contribution in [3.63, 3.8) is 0 Å². The van der Waals surface area contributed by atoms with Gasteiger partial charge < -0.3 is 84.6 Å². The smallest absolute Gasteiger partial charge is 0.187 e. The number of hydrogen-bond acceptors (Lipinski definition) is 17. The van der Waals surface area contributed by atoms with Gasteiger partial charge in [0.25, 0.3) is 0 Å². The van der Waals surface area contributed by atoms with Crippen molar-refractivity contribution in [2.75, 3.05) is 19.8 Å². The molecule has 0 aromatic rings. The molecule has 7 fully saturated rings. The molecule has 8 aliphatic rings. The normalized spacial score (nSPS) is 54.9. The van der Waals surface area contributed by atoms with Crippen molar-refractivity contribution >= 4 is 0 Å². The van der Waals surface area contributed by atoms with Crippen LogP contribution in [0, 0.1) is 58.2 Å². The van der Waals surface area contributed by atoms with Gasteiger partial charge in [0.15, 0.2) is 18.9 Å². The highest BCUT2D eigenvalue weighted by molar-refractivity contribution is 5.26. The predicted molar refractivity (Wildman–Crippen MR) is 225 cm³/mol. The zero-order valence-corrected chi connectivity index (χ0v) is 38.3. The predicted octanol–water partition coefficient (Wildman–Crippen LogP) is 0.0781. The Morgan fingerprint density at radius 2 is 1.36 bits per heavy atom. The van der Waals surface area contributed by atoms with Gasteiger partial charge in [-0.15, -0.1) is 0 Å². The zero-order valence-electron chi connectivity index (χ0n) is 38.3. The van der Waals surface area contributed by atoms with Crippen LogP contribution in [0.2, 0.25) is 0 Å². The fourth-order valence-corrected chi connectivity index (χ4v) is 14.5. The molecule has 0 radical (unpaired) electrons. The van der Waals surface area contributed by atoms with Crippen LogP contribution in [0.1, 0.15) is 99.3 Å². The van der Waals surface area contributed by atoms with Crippen molar-refractivity contribution in [2.24, 2.45) is 58.2 Å². The quantitative estimate of drug-likeness (QED) is 0.116. The van der Waals surface area contributed by atoms with Gasteiger partial charge in [-0.05, 0) is 123 Å². The van der Waals surface area contributed by atoms with Crippen molar-refractivity contribution < 1.29 is 84.6 Å². The van der Waals surface area contributed by atoms with Gasteiger partial charge in [0.1, 0.15) is 67.1 Å². The fraction of sp³-hybridized carbons (Fsp3) is 0.957. The summed E-state index contributed by atoms with van der Waals surface area (Å²) in [6.07, 6.45) is -10.4. The molecule has 11 N–H and O–H groups in total. The SMILES string of the molecule is CC(CO[C@@H]1O[C@H](CO)[C@H](O)[C@@H](O)[C@H]1O)C(C)CC1(O)CC2C[C@H]3[C@@H]4CC=C5CC(O[C@@H]6O[C@H](CO)[C@@H](O)[C@@H](O)[C@H]6O[C@@H]6O[C@H](C)[C@@H](O)[C@@H](O)[C@H]6O)CC[C@]5(C)[C@H]4CC[C@]3(C)C2C1C. The molecule has 3 aliphatic heterocycles. The Morgan fingerprint density at radius 3 is 2.05 bits per heavy atom. The third kappa shape index (κ3) is 8.49. The van der Waals surface area contributed by atoms with Crippen LogP contribution in [0.25, 0.3) is 0 Å². The maximum Gasteiger partial charge on any atom is 0.187 e. The lowest BCUT2D eigenvalue weighted by molar-refractivity contribution is -0.369. The molecule has 17 nitrogen and oxygen atoms in total. The first kappa shape index (κ1) is 49.5. The summed E-state index contributed by atoms with van der Waals surface area (Å²) in [5.74, 6) is 2.56. The number of aliphatic hydroxyl groups excluding tert-OH is 10. The molecule has 4 saturated carbocycles. The second-order valence-electron chi connectivity index (χ2n) is 22.1. The summed E-state index contributed by atoms with van der Waals surface area (Å²) >= 11 is 0. The zero-order chi connectivity index (χ0) is 46.4. The summed E-state index contributed by atoms with van der Waals surface area (Å²) in [7, 11) is 0. The first-order valence-corrected chi connectivity index (χ1v) is 24.1. The van der Waals surface area contributed by atoms with E-state index in [0.29, 0.717) is 48.9 Å². The molecule has 3 saturated heterocycles. The van der Waals surface area contributed by atoms with Crippen LogP contribution in [0.3, 0.4) is 0 Å². The molecule has 64 heavy (non-hydrogen) atoms. The minimum atomic E-state index is -1.64. The van der Waals surface area contributed by atoms with Crippen LogP contribution in [0.15, 0.2) is 11.6 Å². The number of aliphatic hydroxyl groups is 11. The molecule has 0 bridgehead atoms. The lowest BCUT2D eigenvalue weighted by Gasteiger charge is -2.59. The molecule has 0 aromatic carbocycles. The van der Waals surface area contributed by atoms with E-state index in [2.05, 4.69) is 33.8 Å². The average Bonchev–Trinajstić information content (AvgIpc) is 3.70. The Kier molecular flexibility index (Phi) is 14.5. The minimum Gasteiger partial charge on any atom is -0.394 e. The van der Waals surface area contributed by atoms with E-state index in [-0.39, 0.29) is 41.3 Å². The van der Waals surface area contributed by atoms with Crippen molar-refractivity contribution in [3.8, 4) is 0 Å². The Balaban J connectivity index is 0.895. The molecule has 3 heterocycles. The third-order valence-electron chi connectivity index (χ3n) is 18.6. The summed E-state index contributed by atoms with van der Waals surface area (Å²) in [4.78, 5) is 0. The topological polar surface area (TPSA) is 278 Å². The van der Waals surface area contributed by atoms with Gasteiger partial charge in [-0.1, -0.05) is 46.3 Å². The molecule has 0 spiro atoms. The van der Waals surface area contributed by atoms with E-state index in [1.165, 1.54) is 12.5 Å². The van der Waals surface area contributed by atoms with Gasteiger partial charge in [0, 0.05) is 0 Å². The molecule has 0 amide bonds. The van der Waals surface area contributed by atoms with E-state index >= 15 is 0 Å². The summed E-state index contributed by atoms with van der Waals surface area (Å²) < 4.78 is 35.6. The van der Waals surface area contributed by atoms with Crippen LogP contribution >= 0.6 is 0 Å². The van der Waals surface area contributed by atoms with E-state index in [4.69, 9.17) is 28.4 Å². The molecule has 7 unspecified atom stereocenters. The number of allylic oxidation sites excluding steroid dienone is 1. The molecule has 0 aromatic heterocycles. The third-order valence-corrected chi connectivity index (χ3v) is 18.6. The highest BCUT2D eigenvalue weighted by Gasteiger charge is 2.67. The van der Waals surface area contributed by atoms with E-state index < -0.39 is 111 Å². The van der Waals surface area contributed by atoms with Gasteiger partial charge in [0.2, 0.25) is 0 Å². The molecule has 17 heteroatoms. The van der Waals surface area contributed by atoms with E-state index in [1.807, 2.05) is 6.92 Å². The summed E-state index contributed by atoms with van der Waals surface area (Å²) in [6, 6.07) is 0. The van der Waals surface area contributed by atoms with Crippen LogP contribution in [0.5, 0.6) is 0 Å². The second-order valence-corrected chi connectivity index (χ2v) is 22.1. The molecular formula is C47H78O17. The number of rotatable bonds is 12.